The molecular weight excluding hydrogens is 342 g/mol. The summed E-state index contributed by atoms with van der Waals surface area (Å²) < 4.78 is 7.70. The number of fused-ring (bicyclic) bond motifs is 1. The lowest BCUT2D eigenvalue weighted by Gasteiger charge is -2.35. The number of rotatable bonds is 7. The van der Waals surface area contributed by atoms with Crippen LogP contribution in [-0.4, -0.2) is 46.9 Å². The van der Waals surface area contributed by atoms with E-state index < -0.39 is 5.54 Å². The lowest BCUT2D eigenvalue weighted by Crippen LogP contribution is -2.54. The Bertz CT molecular complexity index is 802. The van der Waals surface area contributed by atoms with Crippen molar-refractivity contribution >= 4 is 11.6 Å². The molecule has 2 heterocycles. The Kier molecular flexibility index (Phi) is 4.86. The molecule has 2 aromatic rings. The maximum Gasteiger partial charge on any atom is 0.248 e. The molecule has 4 rings (SSSR count). The predicted molar refractivity (Wildman–Crippen MR) is 103 cm³/mol. The minimum Gasteiger partial charge on any atom is -0.370 e. The van der Waals surface area contributed by atoms with Crippen LogP contribution in [0.1, 0.15) is 44.3 Å². The fourth-order valence-corrected chi connectivity index (χ4v) is 3.74. The Hall–Kier alpha value is -2.41. The van der Waals surface area contributed by atoms with E-state index in [2.05, 4.69) is 39.5 Å². The highest BCUT2D eigenvalue weighted by Crippen LogP contribution is 2.41. The third-order valence-electron chi connectivity index (χ3n) is 5.46. The van der Waals surface area contributed by atoms with Crippen molar-refractivity contribution < 1.29 is 9.53 Å². The predicted octanol–water partition coefficient (Wildman–Crippen LogP) is 2.04. The summed E-state index contributed by atoms with van der Waals surface area (Å²) in [6.45, 7) is 7.04. The summed E-state index contributed by atoms with van der Waals surface area (Å²) in [5.41, 5.74) is 0.372. The minimum absolute atomic E-state index is 0.0331. The summed E-state index contributed by atoms with van der Waals surface area (Å²) in [5.74, 6) is 2.09. The van der Waals surface area contributed by atoms with Crippen LogP contribution in [-0.2, 0) is 21.7 Å². The fraction of sp³-hybridized carbons (Fsp3) is 0.550. The molecule has 1 amide bonds. The molecule has 1 atom stereocenters. The van der Waals surface area contributed by atoms with Gasteiger partial charge in [-0.25, -0.2) is 0 Å². The highest BCUT2D eigenvalue weighted by molar-refractivity contribution is 5.84. The Labute approximate surface area is 159 Å². The molecule has 1 fully saturated rings. The van der Waals surface area contributed by atoms with Gasteiger partial charge < -0.3 is 15.0 Å². The molecule has 0 unspecified atom stereocenters. The molecule has 0 radical (unpaired) electrons. The molecule has 0 saturated heterocycles. The second-order valence-corrected chi connectivity index (χ2v) is 7.52. The molecule has 1 aromatic carbocycles. The van der Waals surface area contributed by atoms with Gasteiger partial charge in [-0.15, -0.1) is 10.2 Å². The van der Waals surface area contributed by atoms with Gasteiger partial charge in [-0.05, 0) is 38.8 Å². The monoisotopic (exact) mass is 369 g/mol. The van der Waals surface area contributed by atoms with Crippen molar-refractivity contribution in [3.8, 4) is 0 Å². The van der Waals surface area contributed by atoms with Crippen LogP contribution in [0.25, 0.3) is 0 Å². The molecular formula is C20H27N5O2. The normalized spacial score (nSPS) is 21.6. The zero-order valence-corrected chi connectivity index (χ0v) is 16.0. The van der Waals surface area contributed by atoms with Gasteiger partial charge in [0.05, 0.1) is 6.61 Å². The Balaban J connectivity index is 1.44. The number of benzene rings is 1. The van der Waals surface area contributed by atoms with E-state index in [1.165, 1.54) is 5.69 Å². The molecule has 144 valence electrons. The van der Waals surface area contributed by atoms with E-state index in [0.717, 1.165) is 37.6 Å². The number of anilines is 1. The number of hydrogen-bond acceptors (Lipinski definition) is 5. The van der Waals surface area contributed by atoms with Gasteiger partial charge in [0.15, 0.2) is 5.82 Å². The van der Waals surface area contributed by atoms with Crippen LogP contribution in [0.3, 0.4) is 0 Å². The third-order valence-corrected chi connectivity index (χ3v) is 5.46. The average Bonchev–Trinajstić information content (AvgIpc) is 3.44. The minimum atomic E-state index is -0.793. The number of hydrogen-bond donors (Lipinski definition) is 1. The average molecular weight is 369 g/mol. The number of likely N-dealkylation sites (N-methyl/N-ethyl adjacent to an activating group) is 1. The van der Waals surface area contributed by atoms with Crippen LogP contribution in [0.15, 0.2) is 30.3 Å². The van der Waals surface area contributed by atoms with Gasteiger partial charge in [0.2, 0.25) is 5.91 Å². The molecule has 7 nitrogen and oxygen atoms in total. The van der Waals surface area contributed by atoms with E-state index in [4.69, 9.17) is 4.74 Å². The lowest BCUT2D eigenvalue weighted by atomic mass is 9.99. The van der Waals surface area contributed by atoms with Crippen LogP contribution in [0, 0.1) is 0 Å². The van der Waals surface area contributed by atoms with Gasteiger partial charge in [0, 0.05) is 31.2 Å². The van der Waals surface area contributed by atoms with Gasteiger partial charge in [-0.3, -0.25) is 9.36 Å². The Morgan fingerprint density at radius 1 is 1.33 bits per heavy atom. The van der Waals surface area contributed by atoms with Crippen LogP contribution in [0.5, 0.6) is 0 Å². The van der Waals surface area contributed by atoms with Gasteiger partial charge in [-0.2, -0.15) is 0 Å². The van der Waals surface area contributed by atoms with Crippen molar-refractivity contribution in [2.24, 2.45) is 0 Å². The van der Waals surface area contributed by atoms with Crippen LogP contribution in [0.4, 0.5) is 5.69 Å². The summed E-state index contributed by atoms with van der Waals surface area (Å²) in [5, 5.41) is 11.7. The quantitative estimate of drug-likeness (QED) is 0.809. The summed E-state index contributed by atoms with van der Waals surface area (Å²) in [6.07, 6.45) is 2.25. The summed E-state index contributed by atoms with van der Waals surface area (Å²) in [4.78, 5) is 15.3. The lowest BCUT2D eigenvalue weighted by molar-refractivity contribution is -0.135. The molecule has 1 aromatic heterocycles. The van der Waals surface area contributed by atoms with E-state index in [-0.39, 0.29) is 5.91 Å². The molecule has 27 heavy (non-hydrogen) atoms. The van der Waals surface area contributed by atoms with Gasteiger partial charge in [-0.1, -0.05) is 18.2 Å². The molecule has 2 aliphatic rings. The first-order valence-electron chi connectivity index (χ1n) is 9.74. The molecule has 7 heteroatoms. The highest BCUT2D eigenvalue weighted by atomic mass is 16.5. The van der Waals surface area contributed by atoms with Crippen molar-refractivity contribution in [2.45, 2.75) is 44.8 Å². The van der Waals surface area contributed by atoms with Crippen LogP contribution < -0.4 is 10.2 Å². The molecule has 0 bridgehead atoms. The highest BCUT2D eigenvalue weighted by Gasteiger charge is 2.45. The third kappa shape index (κ3) is 3.43. The number of carbonyl (C=O) groups is 1. The van der Waals surface area contributed by atoms with Crippen molar-refractivity contribution in [1.82, 2.24) is 20.1 Å². The number of carbonyl (C=O) groups excluding carboxylic acids is 1. The topological polar surface area (TPSA) is 72.3 Å². The molecule has 1 aliphatic carbocycles. The first-order valence-corrected chi connectivity index (χ1v) is 9.74. The molecule has 1 saturated carbocycles. The Morgan fingerprint density at radius 3 is 2.81 bits per heavy atom. The van der Waals surface area contributed by atoms with E-state index >= 15 is 0 Å². The largest absolute Gasteiger partial charge is 0.370 e. The first-order chi connectivity index (χ1) is 13.1. The maximum atomic E-state index is 13.1. The van der Waals surface area contributed by atoms with Crippen molar-refractivity contribution in [3.05, 3.63) is 42.0 Å². The second-order valence-electron chi connectivity index (χ2n) is 7.52. The van der Waals surface area contributed by atoms with E-state index in [0.29, 0.717) is 25.7 Å². The van der Waals surface area contributed by atoms with Crippen molar-refractivity contribution in [3.63, 3.8) is 0 Å². The van der Waals surface area contributed by atoms with E-state index in [1.54, 1.807) is 0 Å². The number of nitrogens with zero attached hydrogens (tertiary/aromatic N) is 4. The number of para-hydroxylation sites is 1. The van der Waals surface area contributed by atoms with E-state index in [1.807, 2.05) is 29.7 Å². The first kappa shape index (κ1) is 18.0. The summed E-state index contributed by atoms with van der Waals surface area (Å²) in [6, 6.07) is 10.3. The van der Waals surface area contributed by atoms with Crippen LogP contribution in [0.2, 0.25) is 0 Å². The Morgan fingerprint density at radius 2 is 2.11 bits per heavy atom. The van der Waals surface area contributed by atoms with Gasteiger partial charge >= 0.3 is 0 Å². The van der Waals surface area contributed by atoms with Gasteiger partial charge in [0.25, 0.3) is 0 Å². The smallest absolute Gasteiger partial charge is 0.248 e. The molecule has 0 spiro atoms. The zero-order chi connectivity index (χ0) is 18.9. The fourth-order valence-electron chi connectivity index (χ4n) is 3.74. The van der Waals surface area contributed by atoms with Gasteiger partial charge in [0.1, 0.15) is 18.0 Å². The SMILES string of the molecule is CCN(CCNC(=O)[C@]1(C)COCc2nnc(C3CC3)n21)c1ccccc1. The maximum absolute atomic E-state index is 13.1. The number of ether oxygens (including phenoxy) is 1. The molecule has 1 aliphatic heterocycles. The van der Waals surface area contributed by atoms with E-state index in [9.17, 15) is 4.79 Å². The standard InChI is InChI=1S/C20H27N5O2/c1-3-24(16-7-5-4-6-8-16)12-11-21-19(26)20(2)14-27-13-17-22-23-18(25(17)20)15-9-10-15/h4-8,15H,3,9-14H2,1-2H3,(H,21,26)/t20-/m0/s1. The van der Waals surface area contributed by atoms with Crippen molar-refractivity contribution in [1.29, 1.82) is 0 Å². The van der Waals surface area contributed by atoms with Crippen molar-refractivity contribution in [2.75, 3.05) is 31.1 Å². The zero-order valence-electron chi connectivity index (χ0n) is 16.0. The number of amides is 1. The van der Waals surface area contributed by atoms with Crippen LogP contribution >= 0.6 is 0 Å². The molecule has 1 N–H and O–H groups in total. The number of aromatic nitrogens is 3. The summed E-state index contributed by atoms with van der Waals surface area (Å²) in [7, 11) is 0. The number of nitrogens with one attached hydrogen (secondary N) is 1. The summed E-state index contributed by atoms with van der Waals surface area (Å²) >= 11 is 0. The second kappa shape index (κ2) is 7.31.